The first kappa shape index (κ1) is 21.6. The number of pyridine rings is 1. The highest BCUT2D eigenvalue weighted by Crippen LogP contribution is 2.56. The Labute approximate surface area is 196 Å². The smallest absolute Gasteiger partial charge is 0.254 e. The van der Waals surface area contributed by atoms with Gasteiger partial charge in [0.1, 0.15) is 11.7 Å². The Hall–Kier alpha value is -4.19. The first-order valence-corrected chi connectivity index (χ1v) is 11.1. The predicted octanol–water partition coefficient (Wildman–Crippen LogP) is 2.67. The van der Waals surface area contributed by atoms with Gasteiger partial charge in [0.05, 0.1) is 34.8 Å². The average Bonchev–Trinajstić information content (AvgIpc) is 3.17. The quantitative estimate of drug-likeness (QED) is 0.585. The number of amides is 2. The summed E-state index contributed by atoms with van der Waals surface area (Å²) in [5, 5.41) is 16.6. The molecule has 2 fully saturated rings. The zero-order valence-corrected chi connectivity index (χ0v) is 18.7. The molecule has 0 unspecified atom stereocenters. The summed E-state index contributed by atoms with van der Waals surface area (Å²) < 4.78 is 7.58. The van der Waals surface area contributed by atoms with Crippen LogP contribution in [0.5, 0.6) is 5.88 Å². The van der Waals surface area contributed by atoms with Gasteiger partial charge in [-0.25, -0.2) is 9.67 Å². The van der Waals surface area contributed by atoms with Crippen LogP contribution in [0.3, 0.4) is 0 Å². The van der Waals surface area contributed by atoms with E-state index in [0.29, 0.717) is 11.1 Å². The Morgan fingerprint density at radius 2 is 2.00 bits per heavy atom. The van der Waals surface area contributed by atoms with Crippen LogP contribution in [0.4, 0.5) is 0 Å². The van der Waals surface area contributed by atoms with Crippen molar-refractivity contribution >= 4 is 11.8 Å². The van der Waals surface area contributed by atoms with Gasteiger partial charge in [0.25, 0.3) is 11.8 Å². The van der Waals surface area contributed by atoms with Crippen molar-refractivity contribution in [2.45, 2.75) is 44.8 Å². The Balaban J connectivity index is 1.15. The maximum atomic E-state index is 12.9. The van der Waals surface area contributed by atoms with Gasteiger partial charge in [-0.3, -0.25) is 9.59 Å². The fraction of sp³-hybridized carbons (Fsp3) is 0.320. The molecule has 2 heterocycles. The summed E-state index contributed by atoms with van der Waals surface area (Å²) in [6.45, 7) is 1.84. The van der Waals surface area contributed by atoms with Crippen molar-refractivity contribution in [3.63, 3.8) is 0 Å². The molecule has 2 saturated carbocycles. The van der Waals surface area contributed by atoms with Crippen LogP contribution in [0.15, 0.2) is 48.8 Å². The first-order chi connectivity index (χ1) is 16.4. The fourth-order valence-corrected chi connectivity index (χ4v) is 5.10. The third kappa shape index (κ3) is 3.88. The van der Waals surface area contributed by atoms with E-state index < -0.39 is 5.91 Å². The standard InChI is InChI=1S/C25H24N6O3/c1-15-21(14-29-31(15)18-5-2-4-16(8-18)13-26)23(33)30-17-9-25(10-17)11-19(12-25)34-24-20(22(27)32)6-3-7-28-24/h2-8,14,17,19H,9-12H2,1H3,(H2,27,32)(H,30,33). The Kier molecular flexibility index (Phi) is 5.28. The number of aromatic nitrogens is 3. The van der Waals surface area contributed by atoms with Gasteiger partial charge < -0.3 is 15.8 Å². The SMILES string of the molecule is Cc1c(C(=O)NC2CC3(C2)CC(Oc2ncccc2C(N)=O)C3)cnn1-c1cccc(C#N)c1. The lowest BCUT2D eigenvalue weighted by Crippen LogP contribution is -2.58. The van der Waals surface area contributed by atoms with Crippen molar-refractivity contribution in [2.24, 2.45) is 11.1 Å². The van der Waals surface area contributed by atoms with Crippen LogP contribution in [-0.4, -0.2) is 38.7 Å². The van der Waals surface area contributed by atoms with Crippen molar-refractivity contribution in [1.29, 1.82) is 5.26 Å². The van der Waals surface area contributed by atoms with Gasteiger partial charge in [-0.15, -0.1) is 0 Å². The molecule has 9 nitrogen and oxygen atoms in total. The van der Waals surface area contributed by atoms with Gasteiger partial charge >= 0.3 is 0 Å². The molecule has 0 bridgehead atoms. The number of nitrogens with zero attached hydrogens (tertiary/aromatic N) is 4. The monoisotopic (exact) mass is 456 g/mol. The number of benzene rings is 1. The van der Waals surface area contributed by atoms with Crippen molar-refractivity contribution in [2.75, 3.05) is 0 Å². The van der Waals surface area contributed by atoms with E-state index in [-0.39, 0.29) is 34.9 Å². The molecule has 2 aliphatic rings. The Morgan fingerprint density at radius 3 is 2.74 bits per heavy atom. The zero-order chi connectivity index (χ0) is 23.9. The number of carbonyl (C=O) groups excluding carboxylic acids is 2. The van der Waals surface area contributed by atoms with E-state index in [0.717, 1.165) is 37.1 Å². The van der Waals surface area contributed by atoms with E-state index in [1.165, 1.54) is 0 Å². The van der Waals surface area contributed by atoms with Gasteiger partial charge in [0, 0.05) is 12.2 Å². The van der Waals surface area contributed by atoms with Crippen LogP contribution < -0.4 is 15.8 Å². The summed E-state index contributed by atoms with van der Waals surface area (Å²) in [6.07, 6.45) is 6.64. The van der Waals surface area contributed by atoms with E-state index in [4.69, 9.17) is 15.7 Å². The number of primary amides is 1. The van der Waals surface area contributed by atoms with Crippen molar-refractivity contribution in [3.8, 4) is 17.6 Å². The molecule has 2 amide bonds. The number of rotatable bonds is 6. The number of carbonyl (C=O) groups is 2. The number of hydrogen-bond donors (Lipinski definition) is 2. The molecule has 1 spiro atoms. The van der Waals surface area contributed by atoms with Crippen LogP contribution in [0.1, 0.15) is 57.7 Å². The molecular weight excluding hydrogens is 432 g/mol. The number of nitriles is 1. The van der Waals surface area contributed by atoms with E-state index >= 15 is 0 Å². The molecule has 2 aromatic heterocycles. The maximum absolute atomic E-state index is 12.9. The summed E-state index contributed by atoms with van der Waals surface area (Å²) >= 11 is 0. The fourth-order valence-electron chi connectivity index (χ4n) is 5.10. The predicted molar refractivity (Wildman–Crippen MR) is 122 cm³/mol. The molecule has 0 atom stereocenters. The molecule has 0 radical (unpaired) electrons. The van der Waals surface area contributed by atoms with Gasteiger partial charge in [0.2, 0.25) is 5.88 Å². The highest BCUT2D eigenvalue weighted by atomic mass is 16.5. The topological polar surface area (TPSA) is 136 Å². The lowest BCUT2D eigenvalue weighted by atomic mass is 9.53. The van der Waals surface area contributed by atoms with Crippen LogP contribution in [-0.2, 0) is 0 Å². The summed E-state index contributed by atoms with van der Waals surface area (Å²) in [4.78, 5) is 28.6. The minimum atomic E-state index is -0.556. The first-order valence-electron chi connectivity index (χ1n) is 11.1. The highest BCUT2D eigenvalue weighted by Gasteiger charge is 2.54. The second-order valence-corrected chi connectivity index (χ2v) is 9.16. The zero-order valence-electron chi connectivity index (χ0n) is 18.7. The van der Waals surface area contributed by atoms with Crippen LogP contribution in [0.2, 0.25) is 0 Å². The number of nitrogens with one attached hydrogen (secondary N) is 1. The van der Waals surface area contributed by atoms with Crippen molar-refractivity contribution < 1.29 is 14.3 Å². The molecule has 0 aliphatic heterocycles. The second kappa shape index (κ2) is 8.30. The molecular formula is C25H24N6O3. The number of hydrogen-bond acceptors (Lipinski definition) is 6. The summed E-state index contributed by atoms with van der Waals surface area (Å²) in [6, 6.07) is 12.6. The summed E-state index contributed by atoms with van der Waals surface area (Å²) in [5.41, 5.74) is 8.37. The molecule has 34 heavy (non-hydrogen) atoms. The average molecular weight is 457 g/mol. The Morgan fingerprint density at radius 1 is 1.21 bits per heavy atom. The van der Waals surface area contributed by atoms with Crippen LogP contribution in [0, 0.1) is 23.7 Å². The largest absolute Gasteiger partial charge is 0.474 e. The molecule has 0 saturated heterocycles. The van der Waals surface area contributed by atoms with E-state index in [1.54, 1.807) is 47.4 Å². The summed E-state index contributed by atoms with van der Waals surface area (Å²) in [5.74, 6) is -0.418. The lowest BCUT2D eigenvalue weighted by molar-refractivity contribution is -0.0848. The molecule has 1 aromatic carbocycles. The molecule has 3 aromatic rings. The molecule has 3 N–H and O–H groups in total. The van der Waals surface area contributed by atoms with Crippen molar-refractivity contribution in [1.82, 2.24) is 20.1 Å². The van der Waals surface area contributed by atoms with E-state index in [9.17, 15) is 9.59 Å². The van der Waals surface area contributed by atoms with Gasteiger partial charge in [-0.2, -0.15) is 10.4 Å². The normalized spacial score (nSPS) is 22.8. The van der Waals surface area contributed by atoms with E-state index in [1.807, 2.05) is 13.0 Å². The lowest BCUT2D eigenvalue weighted by Gasteiger charge is -2.57. The molecule has 5 rings (SSSR count). The second-order valence-electron chi connectivity index (χ2n) is 9.16. The number of ether oxygens (including phenoxy) is 1. The number of nitrogens with two attached hydrogens (primary N) is 1. The molecule has 9 heteroatoms. The van der Waals surface area contributed by atoms with Gasteiger partial charge in [-0.05, 0) is 68.4 Å². The molecule has 2 aliphatic carbocycles. The molecule has 172 valence electrons. The third-order valence-electron chi connectivity index (χ3n) is 6.80. The van der Waals surface area contributed by atoms with E-state index in [2.05, 4.69) is 21.5 Å². The van der Waals surface area contributed by atoms with Crippen molar-refractivity contribution in [3.05, 3.63) is 71.2 Å². The maximum Gasteiger partial charge on any atom is 0.254 e. The minimum Gasteiger partial charge on any atom is -0.474 e. The minimum absolute atomic E-state index is 0.00528. The van der Waals surface area contributed by atoms with Gasteiger partial charge in [-0.1, -0.05) is 6.07 Å². The third-order valence-corrected chi connectivity index (χ3v) is 6.80. The highest BCUT2D eigenvalue weighted by molar-refractivity contribution is 5.95. The van der Waals surface area contributed by atoms with Crippen LogP contribution in [0.25, 0.3) is 5.69 Å². The van der Waals surface area contributed by atoms with Crippen LogP contribution >= 0.6 is 0 Å². The van der Waals surface area contributed by atoms with Gasteiger partial charge in [0.15, 0.2) is 0 Å². The summed E-state index contributed by atoms with van der Waals surface area (Å²) in [7, 11) is 0. The Bertz CT molecular complexity index is 1310.